The van der Waals surface area contributed by atoms with E-state index in [0.29, 0.717) is 0 Å². The normalized spacial score (nSPS) is 10.0. The molecule has 4 aromatic carbocycles. The SMILES string of the molecule is C[Si](C)c1ccccc1.C[Si](C)c1ccccc1.c1cc[c]([Sn][c]2ccccc2)cc1. The fraction of sp³-hybridized carbons (Fsp3) is 0.143. The maximum atomic E-state index is 2.31. The predicted molar refractivity (Wildman–Crippen MR) is 145 cm³/mol. The van der Waals surface area contributed by atoms with E-state index in [-0.39, 0.29) is 17.6 Å². The van der Waals surface area contributed by atoms with Crippen molar-refractivity contribution in [3.63, 3.8) is 0 Å². The van der Waals surface area contributed by atoms with Crippen LogP contribution in [0.4, 0.5) is 0 Å². The van der Waals surface area contributed by atoms with E-state index in [9.17, 15) is 0 Å². The second-order valence-electron chi connectivity index (χ2n) is 7.59. The first-order chi connectivity index (χ1) is 15.1. The van der Waals surface area contributed by atoms with E-state index < -0.39 is 21.1 Å². The number of hydrogen-bond donors (Lipinski definition) is 0. The van der Waals surface area contributed by atoms with Crippen molar-refractivity contribution in [2.75, 3.05) is 0 Å². The number of benzene rings is 4. The molecule has 156 valence electrons. The number of rotatable bonds is 4. The molecule has 0 amide bonds. The second-order valence-corrected chi connectivity index (χ2v) is 16.8. The van der Waals surface area contributed by atoms with Crippen LogP contribution in [0.3, 0.4) is 0 Å². The zero-order valence-corrected chi connectivity index (χ0v) is 23.9. The Balaban J connectivity index is 0.000000170. The third-order valence-corrected chi connectivity index (χ3v) is 11.1. The molecule has 0 aliphatic rings. The molecule has 0 unspecified atom stereocenters. The van der Waals surface area contributed by atoms with Crippen LogP contribution >= 0.6 is 0 Å². The Kier molecular flexibility index (Phi) is 12.3. The summed E-state index contributed by atoms with van der Waals surface area (Å²) in [6, 6.07) is 42.9. The molecule has 0 atom stereocenters. The van der Waals surface area contributed by atoms with Gasteiger partial charge in [0.15, 0.2) is 0 Å². The molecule has 4 radical (unpaired) electrons. The summed E-state index contributed by atoms with van der Waals surface area (Å²) in [5.41, 5.74) is 0. The Morgan fingerprint density at radius 1 is 0.387 bits per heavy atom. The van der Waals surface area contributed by atoms with Crippen LogP contribution in [0.15, 0.2) is 121 Å². The molecule has 0 N–H and O–H groups in total. The van der Waals surface area contributed by atoms with Crippen LogP contribution in [-0.2, 0) is 0 Å². The molecule has 0 saturated carbocycles. The van der Waals surface area contributed by atoms with Crippen LogP contribution in [0, 0.1) is 0 Å². The van der Waals surface area contributed by atoms with Crippen LogP contribution in [0.2, 0.25) is 26.2 Å². The van der Waals surface area contributed by atoms with Crippen LogP contribution in [0.25, 0.3) is 0 Å². The molecule has 0 nitrogen and oxygen atoms in total. The van der Waals surface area contributed by atoms with E-state index >= 15 is 0 Å². The summed E-state index contributed by atoms with van der Waals surface area (Å²) < 4.78 is 3.08. The van der Waals surface area contributed by atoms with Gasteiger partial charge in [-0.15, -0.1) is 0 Å². The van der Waals surface area contributed by atoms with Gasteiger partial charge in [-0.2, -0.15) is 0 Å². The third kappa shape index (κ3) is 10.8. The van der Waals surface area contributed by atoms with Crippen molar-refractivity contribution >= 4 is 56.3 Å². The van der Waals surface area contributed by atoms with E-state index in [1.807, 2.05) is 0 Å². The summed E-state index contributed by atoms with van der Waals surface area (Å²) in [7, 11) is -0.424. The summed E-state index contributed by atoms with van der Waals surface area (Å²) in [6.45, 7) is 9.22. The molecule has 0 aromatic heterocycles. The Morgan fingerprint density at radius 3 is 0.871 bits per heavy atom. The van der Waals surface area contributed by atoms with Crippen molar-refractivity contribution in [1.82, 2.24) is 0 Å². The monoisotopic (exact) mass is 544 g/mol. The number of hydrogen-bond acceptors (Lipinski definition) is 0. The molecule has 0 saturated heterocycles. The first-order valence-electron chi connectivity index (χ1n) is 10.6. The van der Waals surface area contributed by atoms with Crippen LogP contribution in [-0.4, -0.2) is 38.7 Å². The van der Waals surface area contributed by atoms with Crippen molar-refractivity contribution in [2.45, 2.75) is 26.2 Å². The van der Waals surface area contributed by atoms with E-state index in [1.54, 1.807) is 0 Å². The molecule has 4 rings (SSSR count). The molecule has 4 aromatic rings. The van der Waals surface area contributed by atoms with Gasteiger partial charge in [0.2, 0.25) is 0 Å². The van der Waals surface area contributed by atoms with E-state index in [1.165, 1.54) is 17.5 Å². The summed E-state index contributed by atoms with van der Waals surface area (Å²) >= 11 is -0.517. The summed E-state index contributed by atoms with van der Waals surface area (Å²) in [6.07, 6.45) is 0. The standard InChI is InChI=1S/2C8H11Si.2C6H5.Sn/c2*1-9(2)8-6-4-3-5-7-8;2*1-2-4-6-5-3-1;/h2*3-7H,1-2H3;2*1-5H;. The Morgan fingerprint density at radius 2 is 0.645 bits per heavy atom. The molecule has 0 heterocycles. The Hall–Kier alpha value is -1.89. The van der Waals surface area contributed by atoms with Gasteiger partial charge < -0.3 is 0 Å². The fourth-order valence-electron chi connectivity index (χ4n) is 2.75. The molecule has 0 fully saturated rings. The van der Waals surface area contributed by atoms with E-state index in [2.05, 4.69) is 148 Å². The van der Waals surface area contributed by atoms with Crippen molar-refractivity contribution < 1.29 is 0 Å². The molecule has 0 bridgehead atoms. The van der Waals surface area contributed by atoms with Gasteiger partial charge in [0, 0.05) is 0 Å². The molecule has 0 spiro atoms. The van der Waals surface area contributed by atoms with Crippen LogP contribution in [0.5, 0.6) is 0 Å². The van der Waals surface area contributed by atoms with Crippen LogP contribution in [0.1, 0.15) is 0 Å². The van der Waals surface area contributed by atoms with Crippen LogP contribution < -0.4 is 17.5 Å². The van der Waals surface area contributed by atoms with Crippen molar-refractivity contribution in [3.8, 4) is 0 Å². The summed E-state index contributed by atoms with van der Waals surface area (Å²) in [5.74, 6) is 0. The minimum absolute atomic E-state index is 0.212. The van der Waals surface area contributed by atoms with Gasteiger partial charge >= 0.3 is 89.0 Å². The second kappa shape index (κ2) is 15.0. The Labute approximate surface area is 202 Å². The van der Waals surface area contributed by atoms with Crippen molar-refractivity contribution in [3.05, 3.63) is 121 Å². The van der Waals surface area contributed by atoms with Gasteiger partial charge in [0.05, 0.1) is 17.6 Å². The molecule has 3 heteroatoms. The summed E-state index contributed by atoms with van der Waals surface area (Å²) in [4.78, 5) is 0. The molecular weight excluding hydrogens is 511 g/mol. The average molecular weight is 543 g/mol. The van der Waals surface area contributed by atoms with E-state index in [4.69, 9.17) is 0 Å². The summed E-state index contributed by atoms with van der Waals surface area (Å²) in [5, 5.41) is 3.03. The fourth-order valence-corrected chi connectivity index (χ4v) is 7.47. The van der Waals surface area contributed by atoms with Gasteiger partial charge in [-0.3, -0.25) is 0 Å². The quantitative estimate of drug-likeness (QED) is 0.330. The molecule has 31 heavy (non-hydrogen) atoms. The minimum atomic E-state index is -0.517. The van der Waals surface area contributed by atoms with Crippen molar-refractivity contribution in [1.29, 1.82) is 0 Å². The van der Waals surface area contributed by atoms with E-state index in [0.717, 1.165) is 0 Å². The molecule has 0 aliphatic carbocycles. The van der Waals surface area contributed by atoms with Gasteiger partial charge in [0.25, 0.3) is 0 Å². The van der Waals surface area contributed by atoms with Gasteiger partial charge in [0.1, 0.15) is 0 Å². The van der Waals surface area contributed by atoms with Gasteiger partial charge in [-0.25, -0.2) is 0 Å². The average Bonchev–Trinajstić information content (AvgIpc) is 2.82. The first-order valence-corrected chi connectivity index (χ1v) is 18.5. The Bertz CT molecular complexity index is 860. The zero-order valence-electron chi connectivity index (χ0n) is 19.0. The third-order valence-electron chi connectivity index (χ3n) is 4.54. The first kappa shape index (κ1) is 25.4. The zero-order chi connectivity index (χ0) is 22.3. The van der Waals surface area contributed by atoms with Gasteiger partial charge in [-0.1, -0.05) is 97.2 Å². The van der Waals surface area contributed by atoms with Gasteiger partial charge in [-0.05, 0) is 0 Å². The predicted octanol–water partition coefficient (Wildman–Crippen LogP) is 4.64. The maximum absolute atomic E-state index is 2.31. The van der Waals surface area contributed by atoms with Crippen molar-refractivity contribution in [2.24, 2.45) is 0 Å². The topological polar surface area (TPSA) is 0 Å². The molecule has 0 aliphatic heterocycles. The molecular formula is C28H32Si2Sn.